The molecule has 0 heterocycles. The Labute approximate surface area is 119 Å². The van der Waals surface area contributed by atoms with Crippen LogP contribution < -0.4 is 10.5 Å². The van der Waals surface area contributed by atoms with Gasteiger partial charge in [-0.05, 0) is 24.1 Å². The number of rotatable bonds is 5. The third-order valence-electron chi connectivity index (χ3n) is 3.01. The standard InChI is InChI=1S/C15H13F4NO/c16-11-6-3-4-9(14(11)17)8-12(20)10-5-1-2-7-13(10)21-15(18)19/h1-7,12,15H,8,20H2. The molecular weight excluding hydrogens is 286 g/mol. The molecule has 0 aliphatic rings. The summed E-state index contributed by atoms with van der Waals surface area (Å²) in [6.07, 6.45) is -0.0345. The van der Waals surface area contributed by atoms with E-state index in [4.69, 9.17) is 5.73 Å². The fourth-order valence-corrected chi connectivity index (χ4v) is 2.04. The van der Waals surface area contributed by atoms with E-state index in [0.717, 1.165) is 6.07 Å². The highest BCUT2D eigenvalue weighted by molar-refractivity contribution is 5.37. The first-order valence-electron chi connectivity index (χ1n) is 6.21. The zero-order valence-electron chi connectivity index (χ0n) is 10.9. The van der Waals surface area contributed by atoms with Crippen molar-refractivity contribution < 1.29 is 22.3 Å². The fraction of sp³-hybridized carbons (Fsp3) is 0.200. The molecule has 0 amide bonds. The summed E-state index contributed by atoms with van der Waals surface area (Å²) >= 11 is 0. The largest absolute Gasteiger partial charge is 0.434 e. The van der Waals surface area contributed by atoms with Crippen molar-refractivity contribution in [2.24, 2.45) is 5.73 Å². The van der Waals surface area contributed by atoms with Crippen LogP contribution in [-0.2, 0) is 6.42 Å². The van der Waals surface area contributed by atoms with Crippen molar-refractivity contribution in [1.82, 2.24) is 0 Å². The molecule has 0 saturated heterocycles. The Morgan fingerprint density at radius 1 is 1.00 bits per heavy atom. The van der Waals surface area contributed by atoms with Gasteiger partial charge in [0, 0.05) is 11.6 Å². The van der Waals surface area contributed by atoms with Crippen molar-refractivity contribution >= 4 is 0 Å². The molecule has 0 aromatic heterocycles. The monoisotopic (exact) mass is 299 g/mol. The summed E-state index contributed by atoms with van der Waals surface area (Å²) in [4.78, 5) is 0. The Balaban J connectivity index is 2.24. The zero-order chi connectivity index (χ0) is 15.4. The molecule has 0 saturated carbocycles. The minimum atomic E-state index is -2.98. The van der Waals surface area contributed by atoms with Gasteiger partial charge >= 0.3 is 6.61 Å². The SMILES string of the molecule is NC(Cc1cccc(F)c1F)c1ccccc1OC(F)F. The molecule has 0 fully saturated rings. The average Bonchev–Trinajstić information content (AvgIpc) is 2.44. The van der Waals surface area contributed by atoms with Crippen LogP contribution in [-0.4, -0.2) is 6.61 Å². The van der Waals surface area contributed by atoms with Gasteiger partial charge in [0.25, 0.3) is 0 Å². The lowest BCUT2D eigenvalue weighted by Crippen LogP contribution is -2.16. The van der Waals surface area contributed by atoms with Crippen molar-refractivity contribution in [3.8, 4) is 5.75 Å². The van der Waals surface area contributed by atoms with Gasteiger partial charge < -0.3 is 10.5 Å². The molecule has 2 rings (SSSR count). The molecule has 1 unspecified atom stereocenters. The first-order valence-corrected chi connectivity index (χ1v) is 6.21. The van der Waals surface area contributed by atoms with Gasteiger partial charge in [-0.1, -0.05) is 30.3 Å². The van der Waals surface area contributed by atoms with Crippen molar-refractivity contribution in [2.45, 2.75) is 19.1 Å². The van der Waals surface area contributed by atoms with E-state index in [2.05, 4.69) is 4.74 Å². The summed E-state index contributed by atoms with van der Waals surface area (Å²) in [5.74, 6) is -2.03. The lowest BCUT2D eigenvalue weighted by molar-refractivity contribution is -0.0506. The molecule has 0 radical (unpaired) electrons. The van der Waals surface area contributed by atoms with Gasteiger partial charge in [0.05, 0.1) is 0 Å². The van der Waals surface area contributed by atoms with Crippen LogP contribution >= 0.6 is 0 Å². The second kappa shape index (κ2) is 6.58. The van der Waals surface area contributed by atoms with Crippen LogP contribution in [0.5, 0.6) is 5.75 Å². The van der Waals surface area contributed by atoms with Crippen molar-refractivity contribution in [2.75, 3.05) is 0 Å². The molecule has 6 heteroatoms. The number of benzene rings is 2. The fourth-order valence-electron chi connectivity index (χ4n) is 2.04. The van der Waals surface area contributed by atoms with Gasteiger partial charge in [-0.15, -0.1) is 0 Å². The number of alkyl halides is 2. The normalized spacial score (nSPS) is 12.5. The number of ether oxygens (including phenoxy) is 1. The maximum atomic E-state index is 13.6. The lowest BCUT2D eigenvalue weighted by Gasteiger charge is -2.17. The highest BCUT2D eigenvalue weighted by Gasteiger charge is 2.17. The van der Waals surface area contributed by atoms with Gasteiger partial charge in [0.15, 0.2) is 11.6 Å². The topological polar surface area (TPSA) is 35.2 Å². The van der Waals surface area contributed by atoms with E-state index in [9.17, 15) is 17.6 Å². The van der Waals surface area contributed by atoms with E-state index in [1.165, 1.54) is 30.3 Å². The van der Waals surface area contributed by atoms with Crippen molar-refractivity contribution in [3.05, 3.63) is 65.2 Å². The lowest BCUT2D eigenvalue weighted by atomic mass is 9.98. The van der Waals surface area contributed by atoms with Crippen LogP contribution in [0.15, 0.2) is 42.5 Å². The first-order chi connectivity index (χ1) is 9.99. The van der Waals surface area contributed by atoms with Crippen molar-refractivity contribution in [1.29, 1.82) is 0 Å². The Morgan fingerprint density at radius 3 is 2.43 bits per heavy atom. The summed E-state index contributed by atoms with van der Waals surface area (Å²) in [6, 6.07) is 8.96. The molecule has 2 aromatic carbocycles. The van der Waals surface area contributed by atoms with Crippen molar-refractivity contribution in [3.63, 3.8) is 0 Å². The summed E-state index contributed by atoms with van der Waals surface area (Å²) < 4.78 is 55.8. The molecule has 2 aromatic rings. The number of halogens is 4. The summed E-state index contributed by atoms with van der Waals surface area (Å²) in [5, 5.41) is 0. The Morgan fingerprint density at radius 2 is 1.71 bits per heavy atom. The number of hydrogen-bond donors (Lipinski definition) is 1. The minimum absolute atomic E-state index is 0.0345. The first kappa shape index (κ1) is 15.3. The zero-order valence-corrected chi connectivity index (χ0v) is 10.9. The highest BCUT2D eigenvalue weighted by Crippen LogP contribution is 2.28. The molecular formula is C15H13F4NO. The third-order valence-corrected chi connectivity index (χ3v) is 3.01. The number of hydrogen-bond acceptors (Lipinski definition) is 2. The van der Waals surface area contributed by atoms with E-state index in [0.29, 0.717) is 5.56 Å². The smallest absolute Gasteiger partial charge is 0.387 e. The Bertz CT molecular complexity index is 618. The predicted molar refractivity (Wildman–Crippen MR) is 70.1 cm³/mol. The molecule has 2 N–H and O–H groups in total. The average molecular weight is 299 g/mol. The van der Waals surface area contributed by atoms with Gasteiger partial charge in [-0.2, -0.15) is 8.78 Å². The Kier molecular flexibility index (Phi) is 4.80. The maximum absolute atomic E-state index is 13.6. The second-order valence-corrected chi connectivity index (χ2v) is 4.44. The predicted octanol–water partition coefficient (Wildman–Crippen LogP) is 3.81. The van der Waals surface area contributed by atoms with Gasteiger partial charge in [-0.3, -0.25) is 0 Å². The van der Waals surface area contributed by atoms with E-state index in [1.54, 1.807) is 6.07 Å². The molecule has 2 nitrogen and oxygen atoms in total. The number of para-hydroxylation sites is 1. The quantitative estimate of drug-likeness (QED) is 0.852. The van der Waals surface area contributed by atoms with E-state index >= 15 is 0 Å². The van der Waals surface area contributed by atoms with Gasteiger partial charge in [0.2, 0.25) is 0 Å². The maximum Gasteiger partial charge on any atom is 0.387 e. The highest BCUT2D eigenvalue weighted by atomic mass is 19.3. The summed E-state index contributed by atoms with van der Waals surface area (Å²) in [5.41, 5.74) is 6.29. The van der Waals surface area contributed by atoms with Crippen LogP contribution in [0.25, 0.3) is 0 Å². The second-order valence-electron chi connectivity index (χ2n) is 4.44. The van der Waals surface area contributed by atoms with E-state index in [1.807, 2.05) is 0 Å². The molecule has 1 atom stereocenters. The van der Waals surface area contributed by atoms with Crippen LogP contribution in [0.3, 0.4) is 0 Å². The van der Waals surface area contributed by atoms with E-state index < -0.39 is 24.3 Å². The summed E-state index contributed by atoms with van der Waals surface area (Å²) in [7, 11) is 0. The van der Waals surface area contributed by atoms with Gasteiger partial charge in [0.1, 0.15) is 5.75 Å². The number of nitrogens with two attached hydrogens (primary N) is 1. The molecule has 0 aliphatic heterocycles. The van der Waals surface area contributed by atoms with E-state index in [-0.39, 0.29) is 17.7 Å². The Hall–Kier alpha value is -2.08. The van der Waals surface area contributed by atoms with Crippen LogP contribution in [0.1, 0.15) is 17.2 Å². The minimum Gasteiger partial charge on any atom is -0.434 e. The third kappa shape index (κ3) is 3.72. The van der Waals surface area contributed by atoms with Gasteiger partial charge in [-0.25, -0.2) is 8.78 Å². The van der Waals surface area contributed by atoms with Crippen LogP contribution in [0.4, 0.5) is 17.6 Å². The van der Waals surface area contributed by atoms with Crippen LogP contribution in [0, 0.1) is 11.6 Å². The van der Waals surface area contributed by atoms with Crippen LogP contribution in [0.2, 0.25) is 0 Å². The molecule has 0 aliphatic carbocycles. The summed E-state index contributed by atoms with van der Waals surface area (Å²) in [6.45, 7) is -2.98. The molecule has 112 valence electrons. The molecule has 0 spiro atoms. The molecule has 21 heavy (non-hydrogen) atoms. The molecule has 0 bridgehead atoms.